The number of nitrogens with zero attached hydrogens (tertiary/aromatic N) is 2. The summed E-state index contributed by atoms with van der Waals surface area (Å²) < 4.78 is 12.8. The first kappa shape index (κ1) is 24.3. The molecule has 0 unspecified atom stereocenters. The normalized spacial score (nSPS) is 13.8. The maximum absolute atomic E-state index is 13.8. The van der Waals surface area contributed by atoms with E-state index in [9.17, 15) is 4.79 Å². The molecule has 6 heteroatoms. The highest BCUT2D eigenvalue weighted by atomic mass is 32.1. The predicted octanol–water partition coefficient (Wildman–Crippen LogP) is 6.38. The molecule has 0 spiro atoms. The lowest BCUT2D eigenvalue weighted by atomic mass is 9.99. The van der Waals surface area contributed by atoms with Gasteiger partial charge in [-0.25, -0.2) is 0 Å². The van der Waals surface area contributed by atoms with Crippen LogP contribution in [0.15, 0.2) is 66.7 Å². The summed E-state index contributed by atoms with van der Waals surface area (Å²) in [5.41, 5.74) is 3.61. The first-order valence-corrected chi connectivity index (χ1v) is 13.2. The Bertz CT molecular complexity index is 1360. The Kier molecular flexibility index (Phi) is 7.25. The number of fused-ring (bicyclic) bond motifs is 1. The Labute approximate surface area is 216 Å². The van der Waals surface area contributed by atoms with Crippen molar-refractivity contribution in [1.29, 1.82) is 0 Å². The van der Waals surface area contributed by atoms with Gasteiger partial charge in [0.25, 0.3) is 0 Å². The maximum Gasteiger partial charge on any atom is 0.196 e. The van der Waals surface area contributed by atoms with Gasteiger partial charge in [-0.2, -0.15) is 0 Å². The molecule has 186 valence electrons. The van der Waals surface area contributed by atoms with E-state index in [1.807, 2.05) is 73.6 Å². The number of hydrogen-bond donors (Lipinski definition) is 0. The van der Waals surface area contributed by atoms with Gasteiger partial charge in [0.2, 0.25) is 0 Å². The number of methoxy groups -OCH3 is 1. The molecule has 1 saturated heterocycles. The second kappa shape index (κ2) is 10.7. The number of carbonyl (C=O) groups is 1. The number of likely N-dealkylation sites (tertiary alicyclic amines) is 1. The van der Waals surface area contributed by atoms with Crippen molar-refractivity contribution < 1.29 is 14.3 Å². The van der Waals surface area contributed by atoms with Gasteiger partial charge in [0.15, 0.2) is 5.78 Å². The molecule has 2 heterocycles. The fourth-order valence-corrected chi connectivity index (χ4v) is 5.92. The summed E-state index contributed by atoms with van der Waals surface area (Å²) in [5, 5.41) is 1.89. The third-order valence-electron chi connectivity index (χ3n) is 6.67. The van der Waals surface area contributed by atoms with Gasteiger partial charge in [0, 0.05) is 41.9 Å². The monoisotopic (exact) mass is 500 g/mol. The first-order valence-electron chi connectivity index (χ1n) is 12.4. The third kappa shape index (κ3) is 5.11. The Morgan fingerprint density at radius 1 is 1.00 bits per heavy atom. The molecule has 1 fully saturated rings. The largest absolute Gasteiger partial charge is 0.496 e. The van der Waals surface area contributed by atoms with Crippen molar-refractivity contribution in [1.82, 2.24) is 4.90 Å². The van der Waals surface area contributed by atoms with Crippen molar-refractivity contribution in [3.8, 4) is 11.5 Å². The standard InChI is InChI=1S/C30H32N2O3S/c1-31(2)30-28(25-14-13-24(18-27(25)36-30)35-20-21-9-5-4-6-10-21)29(33)22-11-12-23(26(17-22)34-3)19-32-15-7-8-16-32/h4-6,9-14,17-18H,7-8,15-16,19-20H2,1-3H3. The van der Waals surface area contributed by atoms with Crippen molar-refractivity contribution in [3.05, 3.63) is 89.0 Å². The van der Waals surface area contributed by atoms with E-state index in [1.54, 1.807) is 18.4 Å². The zero-order chi connectivity index (χ0) is 25.1. The smallest absolute Gasteiger partial charge is 0.196 e. The fourth-order valence-electron chi connectivity index (χ4n) is 4.77. The quantitative estimate of drug-likeness (QED) is 0.249. The van der Waals surface area contributed by atoms with Crippen LogP contribution < -0.4 is 14.4 Å². The summed E-state index contributed by atoms with van der Waals surface area (Å²) in [5.74, 6) is 1.58. The molecule has 1 aromatic heterocycles. The molecule has 1 aliphatic rings. The molecule has 3 aromatic carbocycles. The average Bonchev–Trinajstić information content (AvgIpc) is 3.55. The van der Waals surface area contributed by atoms with Crippen LogP contribution in [-0.2, 0) is 13.2 Å². The van der Waals surface area contributed by atoms with Gasteiger partial charge < -0.3 is 14.4 Å². The van der Waals surface area contributed by atoms with Crippen LogP contribution in [-0.4, -0.2) is 45.0 Å². The highest BCUT2D eigenvalue weighted by Crippen LogP contribution is 2.40. The van der Waals surface area contributed by atoms with Gasteiger partial charge in [0.1, 0.15) is 23.1 Å². The number of ether oxygens (including phenoxy) is 2. The number of benzene rings is 3. The minimum absolute atomic E-state index is 0.00827. The van der Waals surface area contributed by atoms with E-state index >= 15 is 0 Å². The second-order valence-corrected chi connectivity index (χ2v) is 10.5. The van der Waals surface area contributed by atoms with Crippen molar-refractivity contribution >= 4 is 32.2 Å². The Balaban J connectivity index is 1.44. The molecule has 0 radical (unpaired) electrons. The number of rotatable bonds is 9. The van der Waals surface area contributed by atoms with Gasteiger partial charge in [-0.3, -0.25) is 9.69 Å². The topological polar surface area (TPSA) is 42.0 Å². The number of thiophene rings is 1. The Morgan fingerprint density at radius 2 is 1.78 bits per heavy atom. The van der Waals surface area contributed by atoms with Gasteiger partial charge >= 0.3 is 0 Å². The molecule has 4 aromatic rings. The third-order valence-corrected chi connectivity index (χ3v) is 7.99. The molecule has 0 amide bonds. The Hall–Kier alpha value is -3.35. The molecule has 36 heavy (non-hydrogen) atoms. The maximum atomic E-state index is 13.8. The highest BCUT2D eigenvalue weighted by Gasteiger charge is 2.23. The van der Waals surface area contributed by atoms with E-state index in [4.69, 9.17) is 9.47 Å². The minimum Gasteiger partial charge on any atom is -0.496 e. The first-order chi connectivity index (χ1) is 17.5. The van der Waals surface area contributed by atoms with Crippen LogP contribution >= 0.6 is 11.3 Å². The lowest BCUT2D eigenvalue weighted by Crippen LogP contribution is -2.19. The van der Waals surface area contributed by atoms with Crippen LogP contribution in [0.3, 0.4) is 0 Å². The molecule has 0 saturated carbocycles. The van der Waals surface area contributed by atoms with Crippen LogP contribution in [0.25, 0.3) is 10.1 Å². The average molecular weight is 501 g/mol. The zero-order valence-electron chi connectivity index (χ0n) is 21.1. The van der Waals surface area contributed by atoms with E-state index < -0.39 is 0 Å². The summed E-state index contributed by atoms with van der Waals surface area (Å²) in [6.45, 7) is 3.60. The molecular weight excluding hydrogens is 468 g/mol. The van der Waals surface area contributed by atoms with Crippen molar-refractivity contribution in [2.45, 2.75) is 26.0 Å². The zero-order valence-corrected chi connectivity index (χ0v) is 21.9. The van der Waals surface area contributed by atoms with Gasteiger partial charge in [-0.05, 0) is 55.8 Å². The van der Waals surface area contributed by atoms with Gasteiger partial charge in [0.05, 0.1) is 12.7 Å². The molecular formula is C30H32N2O3S. The number of carbonyl (C=O) groups excluding carboxylic acids is 1. The van der Waals surface area contributed by atoms with Crippen LogP contribution in [0.4, 0.5) is 5.00 Å². The summed E-state index contributed by atoms with van der Waals surface area (Å²) >= 11 is 1.61. The van der Waals surface area contributed by atoms with E-state index in [1.165, 1.54) is 12.8 Å². The van der Waals surface area contributed by atoms with Crippen LogP contribution in [0, 0.1) is 0 Å². The van der Waals surface area contributed by atoms with Gasteiger partial charge in [-0.1, -0.05) is 42.5 Å². The van der Waals surface area contributed by atoms with E-state index in [2.05, 4.69) is 17.0 Å². The Morgan fingerprint density at radius 3 is 2.50 bits per heavy atom. The summed E-state index contributed by atoms with van der Waals surface area (Å²) in [6.07, 6.45) is 2.49. The van der Waals surface area contributed by atoms with Gasteiger partial charge in [-0.15, -0.1) is 11.3 Å². The summed E-state index contributed by atoms with van der Waals surface area (Å²) in [6, 6.07) is 22.0. The van der Waals surface area contributed by atoms with Crippen molar-refractivity contribution in [2.24, 2.45) is 0 Å². The number of ketones is 1. The molecule has 0 atom stereocenters. The molecule has 0 N–H and O–H groups in total. The van der Waals surface area contributed by atoms with Crippen LogP contribution in [0.1, 0.15) is 39.9 Å². The van der Waals surface area contributed by atoms with E-state index in [-0.39, 0.29) is 5.78 Å². The lowest BCUT2D eigenvalue weighted by molar-refractivity contribution is 0.104. The van der Waals surface area contributed by atoms with Crippen LogP contribution in [0.5, 0.6) is 11.5 Å². The fraction of sp³-hybridized carbons (Fsp3) is 0.300. The molecule has 0 bridgehead atoms. The van der Waals surface area contributed by atoms with Crippen molar-refractivity contribution in [3.63, 3.8) is 0 Å². The van der Waals surface area contributed by atoms with E-state index in [0.29, 0.717) is 12.2 Å². The second-order valence-electron chi connectivity index (χ2n) is 9.45. The summed E-state index contributed by atoms with van der Waals surface area (Å²) in [7, 11) is 5.64. The lowest BCUT2D eigenvalue weighted by Gasteiger charge is -2.18. The molecule has 1 aliphatic heterocycles. The molecule has 5 nitrogen and oxygen atoms in total. The van der Waals surface area contributed by atoms with Crippen LogP contribution in [0.2, 0.25) is 0 Å². The molecule has 5 rings (SSSR count). The highest BCUT2D eigenvalue weighted by molar-refractivity contribution is 7.23. The SMILES string of the molecule is COc1cc(C(=O)c2c(N(C)C)sc3cc(OCc4ccccc4)ccc23)ccc1CN1CCCC1. The van der Waals surface area contributed by atoms with E-state index in [0.717, 1.165) is 62.9 Å². The predicted molar refractivity (Wildman–Crippen MR) is 148 cm³/mol. The minimum atomic E-state index is 0.00827. The number of hydrogen-bond acceptors (Lipinski definition) is 6. The molecule has 0 aliphatic carbocycles. The number of anilines is 1. The van der Waals surface area contributed by atoms with Crippen molar-refractivity contribution in [2.75, 3.05) is 39.2 Å². The summed E-state index contributed by atoms with van der Waals surface area (Å²) in [4.78, 5) is 18.3.